The molecule has 34 heavy (non-hydrogen) atoms. The van der Waals surface area contributed by atoms with E-state index in [4.69, 9.17) is 0 Å². The molecule has 0 amide bonds. The summed E-state index contributed by atoms with van der Waals surface area (Å²) in [5.41, 5.74) is 3.26. The topological polar surface area (TPSA) is 106 Å². The number of alkyl halides is 1. The minimum Gasteiger partial charge on any atom is -0.298 e. The molecule has 0 unspecified atom stereocenters. The Labute approximate surface area is 198 Å². The van der Waals surface area contributed by atoms with E-state index in [0.717, 1.165) is 21.0 Å². The Bertz CT molecular complexity index is 1290. The summed E-state index contributed by atoms with van der Waals surface area (Å²) in [4.78, 5) is 29.8. The number of hydrogen-bond acceptors (Lipinski definition) is 7. The number of aryl methyl sites for hydroxylation is 3. The minimum absolute atomic E-state index is 0.0521. The Kier molecular flexibility index (Phi) is 6.81. The van der Waals surface area contributed by atoms with Gasteiger partial charge in [0, 0.05) is 49.4 Å². The average Bonchev–Trinajstić information content (AvgIpc) is 3.14. The molecule has 1 aliphatic rings. The molecule has 0 N–H and O–H groups in total. The minimum atomic E-state index is -4.07. The summed E-state index contributed by atoms with van der Waals surface area (Å²) in [6.45, 7) is 5.19. The highest BCUT2D eigenvalue weighted by atomic mass is 32.2. The molecule has 178 valence electrons. The van der Waals surface area contributed by atoms with E-state index in [1.165, 1.54) is 31.5 Å². The molecule has 0 saturated carbocycles. The van der Waals surface area contributed by atoms with Crippen molar-refractivity contribution < 1.29 is 17.6 Å². The molecule has 4 heterocycles. The Morgan fingerprint density at radius 3 is 2.56 bits per heavy atom. The highest BCUT2D eigenvalue weighted by Gasteiger charge is 2.48. The third-order valence-corrected chi connectivity index (χ3v) is 8.17. The number of sulfonamides is 1. The predicted octanol–water partition coefficient (Wildman–Crippen LogP) is 3.24. The molecule has 0 bridgehead atoms. The quantitative estimate of drug-likeness (QED) is 0.508. The number of halogens is 1. The fraction of sp³-hybridized carbons (Fsp3) is 0.375. The smallest absolute Gasteiger partial charge is 0.245 e. The maximum atomic E-state index is 14.6. The second kappa shape index (κ2) is 9.63. The second-order valence-electron chi connectivity index (χ2n) is 8.51. The number of rotatable bonds is 7. The third-order valence-electron chi connectivity index (χ3n) is 6.19. The first-order chi connectivity index (χ1) is 16.2. The van der Waals surface area contributed by atoms with Gasteiger partial charge in [0.25, 0.3) is 0 Å². The van der Waals surface area contributed by atoms with Crippen molar-refractivity contribution in [1.82, 2.24) is 24.2 Å². The molecule has 3 aromatic rings. The van der Waals surface area contributed by atoms with Gasteiger partial charge >= 0.3 is 0 Å². The van der Waals surface area contributed by atoms with Gasteiger partial charge < -0.3 is 0 Å². The van der Waals surface area contributed by atoms with Gasteiger partial charge in [0.2, 0.25) is 10.0 Å². The molecule has 4 rings (SSSR count). The number of hydrogen-bond donors (Lipinski definition) is 0. The second-order valence-corrected chi connectivity index (χ2v) is 10.4. The van der Waals surface area contributed by atoms with Gasteiger partial charge in [0.1, 0.15) is 16.9 Å². The number of aromatic nitrogens is 4. The van der Waals surface area contributed by atoms with Gasteiger partial charge in [-0.3, -0.25) is 14.8 Å². The van der Waals surface area contributed by atoms with E-state index < -0.39 is 28.3 Å². The van der Waals surface area contributed by atoms with Crippen molar-refractivity contribution in [1.29, 1.82) is 0 Å². The molecule has 0 aromatic carbocycles. The van der Waals surface area contributed by atoms with Gasteiger partial charge in [0.05, 0.1) is 17.8 Å². The van der Waals surface area contributed by atoms with Gasteiger partial charge in [-0.1, -0.05) is 0 Å². The fourth-order valence-electron chi connectivity index (χ4n) is 4.18. The number of ketones is 1. The maximum Gasteiger partial charge on any atom is 0.245 e. The van der Waals surface area contributed by atoms with Crippen molar-refractivity contribution in [3.8, 4) is 11.3 Å². The maximum absolute atomic E-state index is 14.6. The first kappa shape index (κ1) is 24.0. The van der Waals surface area contributed by atoms with Crippen LogP contribution in [0.15, 0.2) is 54.1 Å². The SMILES string of the molecule is Cc1ncc(-c2cc(CCC(=O)[C@@H]3C[C@@H](F)[C@H](C)N3S(=O)(=O)c3cccnc3)c(C)cn2)cn1. The molecule has 8 nitrogen and oxygen atoms in total. The summed E-state index contributed by atoms with van der Waals surface area (Å²) in [5.74, 6) is 0.348. The molecule has 3 aromatic heterocycles. The molecular weight excluding hydrogens is 457 g/mol. The molecule has 10 heteroatoms. The lowest BCUT2D eigenvalue weighted by atomic mass is 9.99. The lowest BCUT2D eigenvalue weighted by Crippen LogP contribution is -2.44. The van der Waals surface area contributed by atoms with Crippen molar-refractivity contribution in [3.05, 3.63) is 66.1 Å². The van der Waals surface area contributed by atoms with Gasteiger partial charge in [0.15, 0.2) is 5.78 Å². The van der Waals surface area contributed by atoms with Crippen LogP contribution in [0.25, 0.3) is 11.3 Å². The zero-order valence-electron chi connectivity index (χ0n) is 19.2. The number of pyridine rings is 2. The molecule has 0 aliphatic carbocycles. The summed E-state index contributed by atoms with van der Waals surface area (Å²) in [5, 5.41) is 0. The zero-order chi connectivity index (χ0) is 24.5. The van der Waals surface area contributed by atoms with E-state index in [9.17, 15) is 17.6 Å². The van der Waals surface area contributed by atoms with Crippen LogP contribution in [0.3, 0.4) is 0 Å². The van der Waals surface area contributed by atoms with Crippen LogP contribution in [0.1, 0.15) is 36.7 Å². The zero-order valence-corrected chi connectivity index (χ0v) is 20.0. The molecule has 1 aliphatic heterocycles. The van der Waals surface area contributed by atoms with Gasteiger partial charge in [-0.05, 0) is 56.5 Å². The van der Waals surface area contributed by atoms with Gasteiger partial charge in [-0.15, -0.1) is 0 Å². The van der Waals surface area contributed by atoms with Crippen LogP contribution < -0.4 is 0 Å². The average molecular weight is 484 g/mol. The van der Waals surface area contributed by atoms with Crippen LogP contribution in [0, 0.1) is 13.8 Å². The van der Waals surface area contributed by atoms with Crippen LogP contribution in [0.4, 0.5) is 4.39 Å². The van der Waals surface area contributed by atoms with Crippen molar-refractivity contribution in [2.75, 3.05) is 0 Å². The molecule has 0 radical (unpaired) electrons. The van der Waals surface area contributed by atoms with Gasteiger partial charge in [-0.25, -0.2) is 22.8 Å². The first-order valence-corrected chi connectivity index (χ1v) is 12.5. The van der Waals surface area contributed by atoms with Crippen LogP contribution in [0.5, 0.6) is 0 Å². The molecule has 1 fully saturated rings. The number of Topliss-reactive ketones (excluding diaryl/α,β-unsaturated/α-hetero) is 1. The molecular formula is C24H26FN5O3S. The van der Waals surface area contributed by atoms with Crippen molar-refractivity contribution in [3.63, 3.8) is 0 Å². The predicted molar refractivity (Wildman–Crippen MR) is 124 cm³/mol. The summed E-state index contributed by atoms with van der Waals surface area (Å²) < 4.78 is 42.1. The number of carbonyl (C=O) groups is 1. The van der Waals surface area contributed by atoms with Crippen LogP contribution in [0.2, 0.25) is 0 Å². The lowest BCUT2D eigenvalue weighted by molar-refractivity contribution is -0.122. The fourth-order valence-corrected chi connectivity index (χ4v) is 5.98. The summed E-state index contributed by atoms with van der Waals surface area (Å²) in [7, 11) is -4.07. The largest absolute Gasteiger partial charge is 0.298 e. The van der Waals surface area contributed by atoms with Crippen molar-refractivity contribution >= 4 is 15.8 Å². The van der Waals surface area contributed by atoms with Crippen LogP contribution in [-0.4, -0.2) is 56.7 Å². The Morgan fingerprint density at radius 1 is 1.15 bits per heavy atom. The van der Waals surface area contributed by atoms with Crippen LogP contribution >= 0.6 is 0 Å². The Hall–Kier alpha value is -3.11. The Morgan fingerprint density at radius 2 is 1.88 bits per heavy atom. The standard InChI is InChI=1S/C24H26FN5O3S/c1-15-11-29-22(19-12-27-17(3)28-13-19)9-18(15)6-7-24(31)23-10-21(25)16(2)30(23)34(32,33)20-5-4-8-26-14-20/h4-5,8-9,11-14,16,21,23H,6-7,10H2,1-3H3/t16-,21+,23-/m0/s1. The summed E-state index contributed by atoms with van der Waals surface area (Å²) >= 11 is 0. The molecule has 1 saturated heterocycles. The Balaban J connectivity index is 1.54. The molecule has 3 atom stereocenters. The van der Waals surface area contributed by atoms with Crippen molar-refractivity contribution in [2.45, 2.75) is 63.2 Å². The number of carbonyl (C=O) groups excluding carboxylic acids is 1. The normalized spacial score (nSPS) is 21.0. The summed E-state index contributed by atoms with van der Waals surface area (Å²) in [6.07, 6.45) is 6.68. The first-order valence-electron chi connectivity index (χ1n) is 11.0. The highest BCUT2D eigenvalue weighted by Crippen LogP contribution is 2.34. The third kappa shape index (κ3) is 4.74. The molecule has 0 spiro atoms. The number of nitrogens with zero attached hydrogens (tertiary/aromatic N) is 5. The highest BCUT2D eigenvalue weighted by molar-refractivity contribution is 7.89. The van der Waals surface area contributed by atoms with E-state index in [-0.39, 0.29) is 23.5 Å². The van der Waals surface area contributed by atoms with Crippen molar-refractivity contribution in [2.24, 2.45) is 0 Å². The van der Waals surface area contributed by atoms with E-state index in [0.29, 0.717) is 17.9 Å². The van der Waals surface area contributed by atoms with Gasteiger partial charge in [-0.2, -0.15) is 4.31 Å². The van der Waals surface area contributed by atoms with E-state index in [1.54, 1.807) is 25.5 Å². The van der Waals surface area contributed by atoms with E-state index >= 15 is 0 Å². The monoisotopic (exact) mass is 483 g/mol. The van der Waals surface area contributed by atoms with E-state index in [2.05, 4.69) is 19.9 Å². The lowest BCUT2D eigenvalue weighted by Gasteiger charge is -2.26. The summed E-state index contributed by atoms with van der Waals surface area (Å²) in [6, 6.07) is 2.80. The van der Waals surface area contributed by atoms with Crippen LogP contribution in [-0.2, 0) is 21.2 Å². The van der Waals surface area contributed by atoms with E-state index in [1.807, 2.05) is 13.0 Å².